The Morgan fingerprint density at radius 3 is 2.95 bits per heavy atom. The van der Waals surface area contributed by atoms with Gasteiger partial charge in [-0.25, -0.2) is 4.98 Å². The van der Waals surface area contributed by atoms with Gasteiger partial charge in [-0.1, -0.05) is 12.1 Å². The van der Waals surface area contributed by atoms with Gasteiger partial charge in [0.05, 0.1) is 0 Å². The standard InChI is InChI=1S/C13H13N5O/c1-8-5-12(19)18-13(15-8)16-11(17-18)7-9-3-2-4-10(14)6-9/h2-6H,7,14H2,1H3,(H,15,16,17). The minimum absolute atomic E-state index is 0.158. The molecule has 3 N–H and O–H groups in total. The summed E-state index contributed by atoms with van der Waals surface area (Å²) in [5, 5.41) is 2.95. The summed E-state index contributed by atoms with van der Waals surface area (Å²) >= 11 is 0. The third-order valence-corrected chi connectivity index (χ3v) is 2.83. The second-order valence-electron chi connectivity index (χ2n) is 4.46. The molecule has 0 radical (unpaired) electrons. The summed E-state index contributed by atoms with van der Waals surface area (Å²) in [4.78, 5) is 20.3. The molecule has 0 saturated carbocycles. The van der Waals surface area contributed by atoms with Crippen LogP contribution in [-0.2, 0) is 6.42 Å². The van der Waals surface area contributed by atoms with Crippen molar-refractivity contribution in [3.63, 3.8) is 0 Å². The number of nitrogens with zero attached hydrogens (tertiary/aromatic N) is 3. The maximum atomic E-state index is 11.8. The first kappa shape index (κ1) is 11.5. The molecule has 0 spiro atoms. The summed E-state index contributed by atoms with van der Waals surface area (Å²) in [5.74, 6) is 1.07. The van der Waals surface area contributed by atoms with Crippen LogP contribution in [0.25, 0.3) is 5.78 Å². The number of nitrogens with one attached hydrogen (secondary N) is 1. The van der Waals surface area contributed by atoms with E-state index >= 15 is 0 Å². The maximum Gasteiger partial charge on any atom is 0.274 e. The number of aromatic amines is 1. The Morgan fingerprint density at radius 2 is 2.16 bits per heavy atom. The fourth-order valence-corrected chi connectivity index (χ4v) is 2.01. The van der Waals surface area contributed by atoms with Crippen LogP contribution in [0, 0.1) is 6.92 Å². The lowest BCUT2D eigenvalue weighted by atomic mass is 10.1. The Labute approximate surface area is 108 Å². The molecule has 0 fully saturated rings. The van der Waals surface area contributed by atoms with E-state index in [4.69, 9.17) is 5.73 Å². The number of H-pyrrole nitrogens is 1. The van der Waals surface area contributed by atoms with Crippen molar-refractivity contribution < 1.29 is 0 Å². The first-order valence-electron chi connectivity index (χ1n) is 5.91. The minimum Gasteiger partial charge on any atom is -0.399 e. The highest BCUT2D eigenvalue weighted by atomic mass is 16.1. The van der Waals surface area contributed by atoms with E-state index in [0.29, 0.717) is 29.4 Å². The molecular formula is C13H13N5O. The molecule has 0 atom stereocenters. The molecular weight excluding hydrogens is 242 g/mol. The van der Waals surface area contributed by atoms with E-state index < -0.39 is 0 Å². The monoisotopic (exact) mass is 255 g/mol. The average molecular weight is 255 g/mol. The molecule has 2 aromatic heterocycles. The van der Waals surface area contributed by atoms with Crippen LogP contribution in [-0.4, -0.2) is 19.6 Å². The molecule has 3 rings (SSSR count). The molecule has 0 saturated heterocycles. The molecule has 3 aromatic rings. The largest absolute Gasteiger partial charge is 0.399 e. The van der Waals surface area contributed by atoms with Crippen LogP contribution >= 0.6 is 0 Å². The number of aromatic nitrogens is 4. The number of anilines is 1. The zero-order valence-electron chi connectivity index (χ0n) is 10.4. The van der Waals surface area contributed by atoms with Crippen LogP contribution in [0.3, 0.4) is 0 Å². The topological polar surface area (TPSA) is 89.1 Å². The van der Waals surface area contributed by atoms with Gasteiger partial charge in [0.1, 0.15) is 5.82 Å². The van der Waals surface area contributed by atoms with Crippen molar-refractivity contribution in [2.45, 2.75) is 13.3 Å². The van der Waals surface area contributed by atoms with Gasteiger partial charge in [-0.3, -0.25) is 9.89 Å². The van der Waals surface area contributed by atoms with Crippen LogP contribution < -0.4 is 11.3 Å². The zero-order chi connectivity index (χ0) is 13.4. The van der Waals surface area contributed by atoms with Crippen LogP contribution in [0.4, 0.5) is 5.69 Å². The zero-order valence-corrected chi connectivity index (χ0v) is 10.4. The summed E-state index contributed by atoms with van der Waals surface area (Å²) in [6.07, 6.45) is 0.576. The van der Waals surface area contributed by atoms with Gasteiger partial charge in [0, 0.05) is 23.9 Å². The maximum absolute atomic E-state index is 11.8. The first-order valence-corrected chi connectivity index (χ1v) is 5.91. The highest BCUT2D eigenvalue weighted by Gasteiger charge is 2.07. The van der Waals surface area contributed by atoms with Gasteiger partial charge in [0.2, 0.25) is 0 Å². The van der Waals surface area contributed by atoms with Gasteiger partial charge in [-0.2, -0.15) is 9.50 Å². The predicted octanol–water partition coefficient (Wildman–Crippen LogP) is 0.899. The summed E-state index contributed by atoms with van der Waals surface area (Å²) in [6.45, 7) is 1.77. The number of rotatable bonds is 2. The van der Waals surface area contributed by atoms with Crippen molar-refractivity contribution in [1.29, 1.82) is 0 Å². The van der Waals surface area contributed by atoms with Gasteiger partial charge >= 0.3 is 0 Å². The third kappa shape index (κ3) is 2.20. The van der Waals surface area contributed by atoms with Gasteiger partial charge < -0.3 is 5.73 Å². The SMILES string of the molecule is Cc1cc(=O)n2[nH]c(Cc3cccc(N)c3)nc2n1. The van der Waals surface area contributed by atoms with Crippen molar-refractivity contribution in [2.75, 3.05) is 5.73 Å². The van der Waals surface area contributed by atoms with E-state index in [2.05, 4.69) is 15.1 Å². The van der Waals surface area contributed by atoms with Crippen molar-refractivity contribution in [3.05, 3.63) is 57.8 Å². The quantitative estimate of drug-likeness (QED) is 0.666. The second kappa shape index (κ2) is 4.24. The minimum atomic E-state index is -0.158. The second-order valence-corrected chi connectivity index (χ2v) is 4.46. The Kier molecular flexibility index (Phi) is 2.56. The van der Waals surface area contributed by atoms with Gasteiger partial charge in [0.15, 0.2) is 0 Å². The summed E-state index contributed by atoms with van der Waals surface area (Å²) in [6, 6.07) is 9.04. The molecule has 6 nitrogen and oxygen atoms in total. The molecule has 0 aliphatic heterocycles. The lowest BCUT2D eigenvalue weighted by Crippen LogP contribution is -2.14. The first-order chi connectivity index (χ1) is 9.11. The third-order valence-electron chi connectivity index (χ3n) is 2.83. The molecule has 0 bridgehead atoms. The lowest BCUT2D eigenvalue weighted by molar-refractivity contribution is 0.857. The number of fused-ring (bicyclic) bond motifs is 1. The highest BCUT2D eigenvalue weighted by molar-refractivity contribution is 5.41. The molecule has 0 aliphatic carbocycles. The Bertz CT molecular complexity index is 802. The molecule has 0 unspecified atom stereocenters. The lowest BCUT2D eigenvalue weighted by Gasteiger charge is -1.98. The molecule has 2 heterocycles. The molecule has 19 heavy (non-hydrogen) atoms. The van der Waals surface area contributed by atoms with Crippen LogP contribution in [0.15, 0.2) is 35.1 Å². The fraction of sp³-hybridized carbons (Fsp3) is 0.154. The normalized spacial score (nSPS) is 11.0. The van der Waals surface area contributed by atoms with E-state index in [1.54, 1.807) is 6.92 Å². The van der Waals surface area contributed by atoms with Gasteiger partial charge in [0.25, 0.3) is 11.3 Å². The Hall–Kier alpha value is -2.63. The van der Waals surface area contributed by atoms with Gasteiger partial charge in [-0.15, -0.1) is 0 Å². The number of nitrogens with two attached hydrogens (primary N) is 1. The van der Waals surface area contributed by atoms with Crippen molar-refractivity contribution in [3.8, 4) is 0 Å². The van der Waals surface area contributed by atoms with E-state index in [0.717, 1.165) is 5.56 Å². The average Bonchev–Trinajstić information content (AvgIpc) is 2.71. The molecule has 96 valence electrons. The fourth-order valence-electron chi connectivity index (χ4n) is 2.01. The van der Waals surface area contributed by atoms with Crippen LogP contribution in [0.5, 0.6) is 0 Å². The van der Waals surface area contributed by atoms with Crippen molar-refractivity contribution in [2.24, 2.45) is 0 Å². The van der Waals surface area contributed by atoms with E-state index in [1.807, 2.05) is 24.3 Å². The number of aryl methyl sites for hydroxylation is 1. The predicted molar refractivity (Wildman–Crippen MR) is 72.0 cm³/mol. The Morgan fingerprint density at radius 1 is 1.32 bits per heavy atom. The van der Waals surface area contributed by atoms with E-state index in [1.165, 1.54) is 10.6 Å². The smallest absolute Gasteiger partial charge is 0.274 e. The molecule has 0 aliphatic rings. The van der Waals surface area contributed by atoms with E-state index in [9.17, 15) is 4.79 Å². The number of hydrogen-bond donors (Lipinski definition) is 2. The Balaban J connectivity index is 2.02. The van der Waals surface area contributed by atoms with Crippen LogP contribution in [0.2, 0.25) is 0 Å². The molecule has 6 heteroatoms. The number of hydrogen-bond acceptors (Lipinski definition) is 4. The number of nitrogen functional groups attached to an aromatic ring is 1. The highest BCUT2D eigenvalue weighted by Crippen LogP contribution is 2.10. The van der Waals surface area contributed by atoms with Crippen LogP contribution in [0.1, 0.15) is 17.1 Å². The van der Waals surface area contributed by atoms with Crippen molar-refractivity contribution >= 4 is 11.5 Å². The molecule has 0 amide bonds. The summed E-state index contributed by atoms with van der Waals surface area (Å²) < 4.78 is 1.34. The number of benzene rings is 1. The van der Waals surface area contributed by atoms with E-state index in [-0.39, 0.29) is 5.56 Å². The summed E-state index contributed by atoms with van der Waals surface area (Å²) in [7, 11) is 0. The van der Waals surface area contributed by atoms with Gasteiger partial charge in [-0.05, 0) is 24.6 Å². The molecule has 1 aromatic carbocycles. The summed E-state index contributed by atoms with van der Waals surface area (Å²) in [5.41, 5.74) is 7.97. The van der Waals surface area contributed by atoms with Crippen molar-refractivity contribution in [1.82, 2.24) is 19.6 Å².